The molecule has 0 atom stereocenters. The fourth-order valence-electron chi connectivity index (χ4n) is 4.33. The first-order chi connectivity index (χ1) is 15.1. The van der Waals surface area contributed by atoms with Crippen LogP contribution in [0.25, 0.3) is 0 Å². The van der Waals surface area contributed by atoms with Crippen molar-refractivity contribution < 1.29 is 26.0 Å². The Kier molecular flexibility index (Phi) is 9.38. The van der Waals surface area contributed by atoms with E-state index in [1.165, 1.54) is 12.8 Å². The monoisotopic (exact) mass is 529 g/mol. The summed E-state index contributed by atoms with van der Waals surface area (Å²) in [7, 11) is 9.87. The quantitative estimate of drug-likeness (QED) is 0.269. The number of aliphatic imine (C=N–C) groups is 1. The molecule has 4 rings (SSSR count). The van der Waals surface area contributed by atoms with E-state index in [4.69, 9.17) is 22.0 Å². The number of hydrogen-bond donors (Lipinski definition) is 1. The summed E-state index contributed by atoms with van der Waals surface area (Å²) < 4.78 is 0. The van der Waals surface area contributed by atoms with Gasteiger partial charge in [0.25, 0.3) is 0 Å². The van der Waals surface area contributed by atoms with E-state index in [1.807, 2.05) is 36.5 Å². The van der Waals surface area contributed by atoms with Crippen LogP contribution in [0.2, 0.25) is 0 Å². The van der Waals surface area contributed by atoms with E-state index in [0.717, 1.165) is 35.1 Å². The summed E-state index contributed by atoms with van der Waals surface area (Å²) in [6.07, 6.45) is 6.69. The van der Waals surface area contributed by atoms with E-state index in [0.29, 0.717) is 11.8 Å². The molecule has 3 aromatic rings. The Morgan fingerprint density at radius 2 is 1.39 bits per heavy atom. The van der Waals surface area contributed by atoms with E-state index in [1.54, 1.807) is 0 Å². The number of benzene rings is 3. The number of rotatable bonds is 5. The maximum atomic E-state index is 11.2. The fourth-order valence-corrected chi connectivity index (χ4v) is 4.33. The van der Waals surface area contributed by atoms with Gasteiger partial charge in [-0.15, -0.1) is 0 Å². The Morgan fingerprint density at radius 3 is 1.90 bits per heavy atom. The van der Waals surface area contributed by atoms with E-state index >= 15 is 0 Å². The van der Waals surface area contributed by atoms with Crippen molar-refractivity contribution in [2.45, 2.75) is 44.1 Å². The maximum absolute atomic E-state index is 11.2. The molecule has 3 aromatic carbocycles. The molecule has 160 valence electrons. The fraction of sp³-hybridized carbons (Fsp3) is 0.269. The summed E-state index contributed by atoms with van der Waals surface area (Å²) in [5, 5.41) is 11.2. The van der Waals surface area contributed by atoms with Crippen LogP contribution in [0.4, 0.5) is 0 Å². The number of hydrogen-bond acceptors (Lipinski definition) is 2. The molecular weight excluding hydrogens is 504 g/mol. The normalized spacial score (nSPS) is 14.3. The molecule has 0 aliphatic heterocycles. The molecule has 0 spiro atoms. The average Bonchev–Trinajstić information content (AvgIpc) is 3.33. The van der Waals surface area contributed by atoms with Crippen LogP contribution in [-0.2, 0) is 26.3 Å². The first-order valence-electron chi connectivity index (χ1n) is 10.5. The van der Waals surface area contributed by atoms with Crippen molar-refractivity contribution in [1.82, 2.24) is 0 Å². The number of phenols is 1. The van der Waals surface area contributed by atoms with Gasteiger partial charge in [0.05, 0.1) is 0 Å². The Balaban J connectivity index is 0.000000858. The zero-order chi connectivity index (χ0) is 22.1. The van der Waals surface area contributed by atoms with Gasteiger partial charge in [0, 0.05) is 28.8 Å². The van der Waals surface area contributed by atoms with Crippen molar-refractivity contribution in [3.05, 3.63) is 101 Å². The summed E-state index contributed by atoms with van der Waals surface area (Å²) in [5.74, 6) is 0.319. The van der Waals surface area contributed by atoms with Crippen LogP contribution in [0.3, 0.4) is 0 Å². The molecule has 5 heteroatoms. The average molecular weight is 532 g/mol. The molecule has 2 nitrogen and oxygen atoms in total. The molecule has 0 heterocycles. The summed E-state index contributed by atoms with van der Waals surface area (Å²) in [6.45, 7) is 2.19. The molecule has 1 aliphatic rings. The summed E-state index contributed by atoms with van der Waals surface area (Å²) >= 11 is -0.826. The molecule has 0 unspecified atom stereocenters. The third-order valence-electron chi connectivity index (χ3n) is 6.06. The predicted octanol–water partition coefficient (Wildman–Crippen LogP) is 7.48. The van der Waals surface area contributed by atoms with E-state index < -0.39 is 26.3 Å². The van der Waals surface area contributed by atoms with Crippen LogP contribution in [0.1, 0.15) is 54.9 Å². The van der Waals surface area contributed by atoms with E-state index in [2.05, 4.69) is 55.5 Å². The standard InChI is InChI=1S/C26H27NO.2ClH.Zr/c1-26(21-12-4-2-5-13-21,22-14-6-3-7-15-22)24-18-10-11-20(25(24)28)19-27-23-16-8-9-17-23;;;/h2-7,10-15,18-19,23,28H,8-9,16-17H2,1H3;2*1H;/q;;;+2/p-2. The third-order valence-corrected chi connectivity index (χ3v) is 6.06. The third kappa shape index (κ3) is 5.89. The van der Waals surface area contributed by atoms with E-state index in [9.17, 15) is 5.11 Å². The van der Waals surface area contributed by atoms with Gasteiger partial charge in [-0.2, -0.15) is 0 Å². The van der Waals surface area contributed by atoms with Crippen molar-refractivity contribution in [1.29, 1.82) is 0 Å². The minimum absolute atomic E-state index is 0.319. The molecule has 0 bridgehead atoms. The van der Waals surface area contributed by atoms with Gasteiger partial charge in [-0.3, -0.25) is 4.99 Å². The first-order valence-corrected chi connectivity index (χ1v) is 16.9. The molecule has 1 saturated carbocycles. The Labute approximate surface area is 204 Å². The Bertz CT molecular complexity index is 934. The van der Waals surface area contributed by atoms with Gasteiger partial charge >= 0.3 is 37.9 Å². The molecule has 0 radical (unpaired) electrons. The SMILES string of the molecule is CC(c1ccccc1)(c1ccccc1)c1cccc(C=NC2CCCC2)c1O.[Cl][Zr][Cl]. The second-order valence-electron chi connectivity index (χ2n) is 7.89. The molecule has 31 heavy (non-hydrogen) atoms. The molecular formula is C26H27Cl2NOZr. The Morgan fingerprint density at radius 1 is 0.871 bits per heavy atom. The number of halogens is 2. The van der Waals surface area contributed by atoms with Crippen molar-refractivity contribution in [2.75, 3.05) is 0 Å². The number of nitrogens with zero attached hydrogens (tertiary/aromatic N) is 1. The van der Waals surface area contributed by atoms with Gasteiger partial charge in [-0.1, -0.05) is 85.6 Å². The molecule has 1 fully saturated rings. The topological polar surface area (TPSA) is 32.6 Å². The Hall–Kier alpha value is -1.41. The second kappa shape index (κ2) is 12.0. The van der Waals surface area contributed by atoms with Crippen LogP contribution < -0.4 is 0 Å². The van der Waals surface area contributed by atoms with Gasteiger partial charge in [-0.05, 0) is 37.0 Å². The molecule has 1 N–H and O–H groups in total. The first kappa shape index (κ1) is 24.2. The number of para-hydroxylation sites is 1. The minimum atomic E-state index is -0.826. The summed E-state index contributed by atoms with van der Waals surface area (Å²) in [5.41, 5.74) is 3.55. The zero-order valence-electron chi connectivity index (χ0n) is 17.6. The van der Waals surface area contributed by atoms with Crippen molar-refractivity contribution >= 4 is 23.2 Å². The molecule has 1 aliphatic carbocycles. The van der Waals surface area contributed by atoms with Crippen molar-refractivity contribution in [2.24, 2.45) is 4.99 Å². The summed E-state index contributed by atoms with van der Waals surface area (Å²) in [6, 6.07) is 27.2. The summed E-state index contributed by atoms with van der Waals surface area (Å²) in [4.78, 5) is 4.74. The van der Waals surface area contributed by atoms with Crippen LogP contribution in [0.15, 0.2) is 83.9 Å². The van der Waals surface area contributed by atoms with Gasteiger partial charge in [0.1, 0.15) is 5.75 Å². The number of aromatic hydroxyl groups is 1. The van der Waals surface area contributed by atoms with Crippen molar-refractivity contribution in [3.63, 3.8) is 0 Å². The van der Waals surface area contributed by atoms with Crippen LogP contribution in [0.5, 0.6) is 5.75 Å². The van der Waals surface area contributed by atoms with Crippen molar-refractivity contribution in [3.8, 4) is 5.75 Å². The van der Waals surface area contributed by atoms with Crippen LogP contribution in [-0.4, -0.2) is 17.4 Å². The van der Waals surface area contributed by atoms with E-state index in [-0.39, 0.29) is 0 Å². The molecule has 0 amide bonds. The molecule has 0 saturated heterocycles. The number of phenolic OH excluding ortho intramolecular Hbond substituents is 1. The predicted molar refractivity (Wildman–Crippen MR) is 128 cm³/mol. The molecule has 0 aromatic heterocycles. The van der Waals surface area contributed by atoms with Gasteiger partial charge in [-0.25, -0.2) is 0 Å². The van der Waals surface area contributed by atoms with Gasteiger partial charge in [0.15, 0.2) is 0 Å². The van der Waals surface area contributed by atoms with Gasteiger partial charge in [0.2, 0.25) is 0 Å². The van der Waals surface area contributed by atoms with Crippen LogP contribution in [0, 0.1) is 0 Å². The van der Waals surface area contributed by atoms with Gasteiger partial charge < -0.3 is 5.11 Å². The van der Waals surface area contributed by atoms with Crippen LogP contribution >= 0.6 is 17.0 Å². The second-order valence-corrected chi connectivity index (χ2v) is 11.6. The zero-order valence-corrected chi connectivity index (χ0v) is 21.6.